The fourth-order valence-corrected chi connectivity index (χ4v) is 3.94. The van der Waals surface area contributed by atoms with Gasteiger partial charge in [0.2, 0.25) is 0 Å². The van der Waals surface area contributed by atoms with Gasteiger partial charge in [-0.25, -0.2) is 15.0 Å². The van der Waals surface area contributed by atoms with Gasteiger partial charge in [0.25, 0.3) is 5.91 Å². The van der Waals surface area contributed by atoms with Crippen LogP contribution in [0, 0.1) is 11.8 Å². The van der Waals surface area contributed by atoms with E-state index in [9.17, 15) is 9.90 Å². The molecule has 2 aromatic heterocycles. The van der Waals surface area contributed by atoms with Crippen molar-refractivity contribution in [3.8, 4) is 28.8 Å². The maximum atomic E-state index is 11.6. The van der Waals surface area contributed by atoms with Crippen LogP contribution in [-0.4, -0.2) is 32.6 Å². The summed E-state index contributed by atoms with van der Waals surface area (Å²) in [5.41, 5.74) is 6.03. The molecule has 0 radical (unpaired) electrons. The van der Waals surface area contributed by atoms with Crippen LogP contribution in [0.5, 0.6) is 5.75 Å². The number of rotatable bonds is 2. The number of thiazole rings is 1. The van der Waals surface area contributed by atoms with Gasteiger partial charge in [-0.3, -0.25) is 4.79 Å². The fraction of sp³-hybridized carbons (Fsp3) is 0.238. The van der Waals surface area contributed by atoms with Crippen molar-refractivity contribution in [2.24, 2.45) is 5.73 Å². The number of hydrogen-bond acceptors (Lipinski definition) is 7. The van der Waals surface area contributed by atoms with Crippen molar-refractivity contribution >= 4 is 17.2 Å². The van der Waals surface area contributed by atoms with Gasteiger partial charge in [-0.15, -0.1) is 11.3 Å². The molecule has 2 atom stereocenters. The SMILES string of the molecule is C[C@H]1COc2ccc(C#C[C@@](C)(O)c3ncccn3)cc2-c2nc(C(N)=O)sc21. The molecular formula is C21H18N4O3S. The normalized spacial score (nSPS) is 16.9. The summed E-state index contributed by atoms with van der Waals surface area (Å²) in [6.07, 6.45) is 3.11. The van der Waals surface area contributed by atoms with Crippen molar-refractivity contribution in [3.63, 3.8) is 0 Å². The minimum Gasteiger partial charge on any atom is -0.492 e. The van der Waals surface area contributed by atoms with E-state index in [0.29, 0.717) is 23.6 Å². The third-order valence-electron chi connectivity index (χ3n) is 4.49. The number of carbonyl (C=O) groups is 1. The Balaban J connectivity index is 1.76. The number of aliphatic hydroxyl groups is 1. The quantitative estimate of drug-likeness (QED) is 0.633. The van der Waals surface area contributed by atoms with E-state index < -0.39 is 11.5 Å². The van der Waals surface area contributed by atoms with E-state index in [1.165, 1.54) is 11.3 Å². The number of ether oxygens (including phenoxy) is 1. The van der Waals surface area contributed by atoms with Gasteiger partial charge in [0.1, 0.15) is 5.75 Å². The zero-order chi connectivity index (χ0) is 20.6. The zero-order valence-electron chi connectivity index (χ0n) is 15.8. The van der Waals surface area contributed by atoms with Crippen molar-refractivity contribution in [2.45, 2.75) is 25.4 Å². The van der Waals surface area contributed by atoms with Gasteiger partial charge < -0.3 is 15.6 Å². The summed E-state index contributed by atoms with van der Waals surface area (Å²) in [6.45, 7) is 4.04. The molecule has 146 valence electrons. The number of carbonyl (C=O) groups excluding carboxylic acids is 1. The molecule has 1 aliphatic heterocycles. The van der Waals surface area contributed by atoms with Crippen LogP contribution in [0.15, 0.2) is 36.7 Å². The van der Waals surface area contributed by atoms with Crippen LogP contribution >= 0.6 is 11.3 Å². The molecule has 0 saturated carbocycles. The molecule has 29 heavy (non-hydrogen) atoms. The molecule has 8 heteroatoms. The Bertz CT molecular complexity index is 1150. The second kappa shape index (κ2) is 7.28. The fourth-order valence-electron chi connectivity index (χ4n) is 2.97. The second-order valence-electron chi connectivity index (χ2n) is 6.91. The van der Waals surface area contributed by atoms with Crippen LogP contribution in [0.3, 0.4) is 0 Å². The van der Waals surface area contributed by atoms with Gasteiger partial charge in [-0.05, 0) is 31.2 Å². The smallest absolute Gasteiger partial charge is 0.277 e. The predicted molar refractivity (Wildman–Crippen MR) is 108 cm³/mol. The first-order chi connectivity index (χ1) is 13.8. The molecule has 1 aliphatic rings. The third kappa shape index (κ3) is 3.70. The lowest BCUT2D eigenvalue weighted by Gasteiger charge is -2.13. The number of nitrogens with zero attached hydrogens (tertiary/aromatic N) is 3. The Morgan fingerprint density at radius 1 is 1.38 bits per heavy atom. The highest BCUT2D eigenvalue weighted by Gasteiger charge is 2.27. The van der Waals surface area contributed by atoms with Crippen molar-refractivity contribution in [3.05, 3.63) is 57.9 Å². The van der Waals surface area contributed by atoms with E-state index >= 15 is 0 Å². The lowest BCUT2D eigenvalue weighted by molar-refractivity contribution is 0.0999. The van der Waals surface area contributed by atoms with Gasteiger partial charge >= 0.3 is 0 Å². The standard InChI is InChI=1S/C21H18N4O3S/c1-12-11-28-15-5-4-13(6-7-21(2,27)20-23-8-3-9-24-20)10-14(15)16-17(12)29-19(25-16)18(22)26/h3-5,8-10,12,27H,11H2,1-2H3,(H2,22,26)/t12-,21+/m0/s1. The maximum Gasteiger partial charge on any atom is 0.277 e. The predicted octanol–water partition coefficient (Wildman–Crippen LogP) is 2.45. The van der Waals surface area contributed by atoms with E-state index in [0.717, 1.165) is 10.4 Å². The van der Waals surface area contributed by atoms with Gasteiger partial charge in [0, 0.05) is 34.3 Å². The second-order valence-corrected chi connectivity index (χ2v) is 7.94. The first-order valence-electron chi connectivity index (χ1n) is 8.96. The average molecular weight is 406 g/mol. The monoisotopic (exact) mass is 406 g/mol. The Morgan fingerprint density at radius 3 is 2.86 bits per heavy atom. The highest BCUT2D eigenvalue weighted by atomic mass is 32.1. The highest BCUT2D eigenvalue weighted by molar-refractivity contribution is 7.14. The number of hydrogen-bond donors (Lipinski definition) is 2. The van der Waals surface area contributed by atoms with Crippen molar-refractivity contribution in [2.75, 3.05) is 6.61 Å². The van der Waals surface area contributed by atoms with E-state index in [1.54, 1.807) is 25.4 Å². The lowest BCUT2D eigenvalue weighted by atomic mass is 10.0. The molecule has 1 amide bonds. The summed E-state index contributed by atoms with van der Waals surface area (Å²) in [5.74, 6) is 6.22. The molecule has 1 aromatic carbocycles. The number of aromatic nitrogens is 3. The molecule has 0 fully saturated rings. The van der Waals surface area contributed by atoms with Crippen molar-refractivity contribution < 1.29 is 14.6 Å². The molecule has 4 rings (SSSR count). The van der Waals surface area contributed by atoms with Crippen LogP contribution < -0.4 is 10.5 Å². The maximum absolute atomic E-state index is 11.6. The Hall–Kier alpha value is -3.28. The molecule has 3 N–H and O–H groups in total. The summed E-state index contributed by atoms with van der Waals surface area (Å²) < 4.78 is 5.90. The van der Waals surface area contributed by atoms with Gasteiger partial charge in [-0.2, -0.15) is 0 Å². The van der Waals surface area contributed by atoms with Crippen molar-refractivity contribution in [1.82, 2.24) is 15.0 Å². The lowest BCUT2D eigenvalue weighted by Crippen LogP contribution is -2.21. The third-order valence-corrected chi connectivity index (χ3v) is 5.79. The minimum absolute atomic E-state index is 0.0773. The molecule has 0 aliphatic carbocycles. The number of benzene rings is 1. The van der Waals surface area contributed by atoms with Gasteiger partial charge in [0.15, 0.2) is 16.4 Å². The van der Waals surface area contributed by atoms with Crippen LogP contribution in [0.25, 0.3) is 11.3 Å². The topological polar surface area (TPSA) is 111 Å². The Kier molecular flexibility index (Phi) is 4.78. The Morgan fingerprint density at radius 2 is 2.14 bits per heavy atom. The summed E-state index contributed by atoms with van der Waals surface area (Å²) in [5, 5.41) is 10.9. The summed E-state index contributed by atoms with van der Waals surface area (Å²) >= 11 is 1.29. The van der Waals surface area contributed by atoms with Crippen LogP contribution in [0.2, 0.25) is 0 Å². The molecule has 3 heterocycles. The molecule has 3 aromatic rings. The van der Waals surface area contributed by atoms with Gasteiger partial charge in [-0.1, -0.05) is 18.8 Å². The molecule has 7 nitrogen and oxygen atoms in total. The summed E-state index contributed by atoms with van der Waals surface area (Å²) in [4.78, 5) is 25.1. The summed E-state index contributed by atoms with van der Waals surface area (Å²) in [7, 11) is 0. The Labute approximate surface area is 171 Å². The first-order valence-corrected chi connectivity index (χ1v) is 9.77. The minimum atomic E-state index is -1.50. The molecular weight excluding hydrogens is 388 g/mol. The molecule has 0 unspecified atom stereocenters. The van der Waals surface area contributed by atoms with E-state index in [2.05, 4.69) is 26.8 Å². The van der Waals surface area contributed by atoms with Crippen LogP contribution in [-0.2, 0) is 5.60 Å². The molecule has 0 bridgehead atoms. The number of amides is 1. The van der Waals surface area contributed by atoms with E-state index in [-0.39, 0.29) is 16.7 Å². The zero-order valence-corrected chi connectivity index (χ0v) is 16.7. The van der Waals surface area contributed by atoms with E-state index in [4.69, 9.17) is 10.5 Å². The highest BCUT2D eigenvalue weighted by Crippen LogP contribution is 2.41. The molecule has 0 saturated heterocycles. The number of nitrogens with two attached hydrogens (primary N) is 1. The summed E-state index contributed by atoms with van der Waals surface area (Å²) in [6, 6.07) is 7.14. The van der Waals surface area contributed by atoms with E-state index in [1.807, 2.05) is 25.1 Å². The number of primary amides is 1. The first kappa shape index (κ1) is 19.1. The number of fused-ring (bicyclic) bond motifs is 3. The largest absolute Gasteiger partial charge is 0.492 e. The van der Waals surface area contributed by atoms with Gasteiger partial charge in [0.05, 0.1) is 12.3 Å². The van der Waals surface area contributed by atoms with Crippen LogP contribution in [0.1, 0.15) is 45.8 Å². The van der Waals surface area contributed by atoms with Crippen molar-refractivity contribution in [1.29, 1.82) is 0 Å². The molecule has 0 spiro atoms. The van der Waals surface area contributed by atoms with Crippen LogP contribution in [0.4, 0.5) is 0 Å². The average Bonchev–Trinajstić information content (AvgIpc) is 3.12.